The summed E-state index contributed by atoms with van der Waals surface area (Å²) in [5, 5.41) is 29.5. The average molecular weight is 322 g/mol. The van der Waals surface area contributed by atoms with Crippen LogP contribution in [0.5, 0.6) is 11.5 Å². The number of nitrogen functional groups attached to an aromatic ring is 2. The van der Waals surface area contributed by atoms with Crippen molar-refractivity contribution in [3.8, 4) is 11.5 Å². The summed E-state index contributed by atoms with van der Waals surface area (Å²) < 4.78 is 4.81. The molecule has 0 aromatic heterocycles. The van der Waals surface area contributed by atoms with Gasteiger partial charge in [0.1, 0.15) is 11.5 Å². The van der Waals surface area contributed by atoms with E-state index in [-0.39, 0.29) is 28.5 Å². The van der Waals surface area contributed by atoms with Crippen LogP contribution in [-0.2, 0) is 0 Å². The number of anilines is 2. The molecule has 0 fully saturated rings. The fraction of sp³-hybridized carbons (Fsp3) is 0.0769. The lowest BCUT2D eigenvalue weighted by Crippen LogP contribution is -1.98. The van der Waals surface area contributed by atoms with E-state index >= 15 is 0 Å². The molecule has 0 saturated carbocycles. The fourth-order valence-electron chi connectivity index (χ4n) is 1.57. The Labute approximate surface area is 130 Å². The third-order valence-corrected chi connectivity index (χ3v) is 2.72. The lowest BCUT2D eigenvalue weighted by Gasteiger charge is -2.02. The molecule has 0 saturated heterocycles. The largest absolute Gasteiger partial charge is 0.506 e. The standard InChI is InChI=1S/C7H8N2O3.C6H6N2O3/c1-12-6-4-2-3-5(7(6)8)9(10)11;7-6-4(8(10)11)2-1-3-5(6)9/h2-4H,8H2,1H3;1-3,9H,7H2. The second kappa shape index (κ2) is 7.45. The van der Waals surface area contributed by atoms with Gasteiger partial charge in [-0.25, -0.2) is 0 Å². The zero-order chi connectivity index (χ0) is 17.6. The Morgan fingerprint density at radius 2 is 1.43 bits per heavy atom. The van der Waals surface area contributed by atoms with Crippen LogP contribution in [0.25, 0.3) is 0 Å². The number of hydrogen-bond acceptors (Lipinski definition) is 8. The van der Waals surface area contributed by atoms with E-state index < -0.39 is 9.85 Å². The van der Waals surface area contributed by atoms with Crippen LogP contribution in [0.1, 0.15) is 0 Å². The van der Waals surface area contributed by atoms with Gasteiger partial charge in [-0.15, -0.1) is 0 Å². The van der Waals surface area contributed by atoms with Crippen molar-refractivity contribution in [1.82, 2.24) is 0 Å². The summed E-state index contributed by atoms with van der Waals surface area (Å²) in [6, 6.07) is 8.31. The van der Waals surface area contributed by atoms with Crippen LogP contribution in [0.4, 0.5) is 22.7 Å². The van der Waals surface area contributed by atoms with Crippen molar-refractivity contribution >= 4 is 22.7 Å². The highest BCUT2D eigenvalue weighted by Crippen LogP contribution is 2.30. The lowest BCUT2D eigenvalue weighted by atomic mass is 10.2. The molecule has 0 radical (unpaired) electrons. The van der Waals surface area contributed by atoms with Crippen molar-refractivity contribution in [2.75, 3.05) is 18.6 Å². The van der Waals surface area contributed by atoms with Crippen molar-refractivity contribution in [3.05, 3.63) is 56.6 Å². The van der Waals surface area contributed by atoms with Crippen molar-refractivity contribution < 1.29 is 19.7 Å². The number of phenols is 1. The summed E-state index contributed by atoms with van der Waals surface area (Å²) >= 11 is 0. The molecule has 23 heavy (non-hydrogen) atoms. The third-order valence-electron chi connectivity index (χ3n) is 2.72. The Morgan fingerprint density at radius 3 is 1.87 bits per heavy atom. The summed E-state index contributed by atoms with van der Waals surface area (Å²) in [5.74, 6) is 0.0587. The molecule has 2 aromatic carbocycles. The van der Waals surface area contributed by atoms with Gasteiger partial charge in [0.05, 0.1) is 17.0 Å². The molecule has 0 amide bonds. The number of nitro benzene ring substituents is 2. The number of phenolic OH excluding ortho intramolecular Hbond substituents is 1. The second-order valence-electron chi connectivity index (χ2n) is 4.12. The van der Waals surface area contributed by atoms with Crippen molar-refractivity contribution in [2.24, 2.45) is 0 Å². The molecule has 5 N–H and O–H groups in total. The number of benzene rings is 2. The molecular weight excluding hydrogens is 308 g/mol. The number of aromatic hydroxyl groups is 1. The maximum atomic E-state index is 10.4. The first-order valence-electron chi connectivity index (χ1n) is 6.08. The van der Waals surface area contributed by atoms with Gasteiger partial charge in [-0.2, -0.15) is 0 Å². The molecule has 10 heteroatoms. The normalized spacial score (nSPS) is 9.43. The summed E-state index contributed by atoms with van der Waals surface area (Å²) in [5.41, 5.74) is 10.1. The maximum Gasteiger partial charge on any atom is 0.295 e. The first kappa shape index (κ1) is 17.5. The van der Waals surface area contributed by atoms with Gasteiger partial charge in [0, 0.05) is 12.1 Å². The van der Waals surface area contributed by atoms with E-state index in [4.69, 9.17) is 21.3 Å². The summed E-state index contributed by atoms with van der Waals surface area (Å²) in [6.07, 6.45) is 0. The fourth-order valence-corrected chi connectivity index (χ4v) is 1.57. The summed E-state index contributed by atoms with van der Waals surface area (Å²) in [6.45, 7) is 0. The van der Waals surface area contributed by atoms with Crippen molar-refractivity contribution in [3.63, 3.8) is 0 Å². The first-order chi connectivity index (χ1) is 10.8. The van der Waals surface area contributed by atoms with Gasteiger partial charge in [-0.3, -0.25) is 20.2 Å². The minimum absolute atomic E-state index is 0.0602. The number of nitrogens with zero attached hydrogens (tertiary/aromatic N) is 2. The zero-order valence-electron chi connectivity index (χ0n) is 12.0. The van der Waals surface area contributed by atoms with Crippen LogP contribution >= 0.6 is 0 Å². The second-order valence-corrected chi connectivity index (χ2v) is 4.12. The molecule has 0 aliphatic carbocycles. The van der Waals surface area contributed by atoms with E-state index in [2.05, 4.69) is 0 Å². The smallest absolute Gasteiger partial charge is 0.295 e. The zero-order valence-corrected chi connectivity index (χ0v) is 12.0. The van der Waals surface area contributed by atoms with Crippen LogP contribution in [0.15, 0.2) is 36.4 Å². The van der Waals surface area contributed by atoms with Crippen molar-refractivity contribution in [1.29, 1.82) is 0 Å². The van der Waals surface area contributed by atoms with Crippen LogP contribution in [0, 0.1) is 20.2 Å². The van der Waals surface area contributed by atoms with E-state index in [1.54, 1.807) is 6.07 Å². The number of rotatable bonds is 3. The quantitative estimate of drug-likeness (QED) is 0.334. The van der Waals surface area contributed by atoms with Gasteiger partial charge in [0.15, 0.2) is 11.4 Å². The highest BCUT2D eigenvalue weighted by Gasteiger charge is 2.14. The predicted octanol–water partition coefficient (Wildman–Crippen LogP) is 2.07. The van der Waals surface area contributed by atoms with Crippen LogP contribution in [0.2, 0.25) is 0 Å². The predicted molar refractivity (Wildman–Crippen MR) is 83.2 cm³/mol. The molecule has 122 valence electrons. The minimum Gasteiger partial charge on any atom is -0.506 e. The number of para-hydroxylation sites is 2. The van der Waals surface area contributed by atoms with E-state index in [1.807, 2.05) is 0 Å². The molecule has 2 rings (SSSR count). The van der Waals surface area contributed by atoms with Gasteiger partial charge >= 0.3 is 0 Å². The van der Waals surface area contributed by atoms with E-state index in [9.17, 15) is 20.2 Å². The van der Waals surface area contributed by atoms with Crippen LogP contribution < -0.4 is 16.2 Å². The minimum atomic E-state index is -0.644. The maximum absolute atomic E-state index is 10.4. The summed E-state index contributed by atoms with van der Waals surface area (Å²) in [4.78, 5) is 19.4. The molecule has 0 unspecified atom stereocenters. The Hall–Kier alpha value is -3.56. The number of ether oxygens (including phenoxy) is 1. The molecule has 0 aliphatic heterocycles. The molecule has 0 aliphatic rings. The third kappa shape index (κ3) is 4.20. The number of hydrogen-bond donors (Lipinski definition) is 3. The molecule has 0 atom stereocenters. The van der Waals surface area contributed by atoms with Crippen molar-refractivity contribution in [2.45, 2.75) is 0 Å². The molecular formula is C13H14N4O6. The molecule has 0 bridgehead atoms. The Bertz CT molecular complexity index is 734. The topological polar surface area (TPSA) is 168 Å². The SMILES string of the molecule is COc1cccc([N+](=O)[O-])c1N.Nc1c(O)cccc1[N+](=O)[O-]. The summed E-state index contributed by atoms with van der Waals surface area (Å²) in [7, 11) is 1.41. The molecule has 0 heterocycles. The number of nitro groups is 2. The highest BCUT2D eigenvalue weighted by atomic mass is 16.6. The van der Waals surface area contributed by atoms with Gasteiger partial charge < -0.3 is 21.3 Å². The van der Waals surface area contributed by atoms with Gasteiger partial charge in [0.25, 0.3) is 11.4 Å². The van der Waals surface area contributed by atoms with E-state index in [1.165, 1.54) is 37.4 Å². The highest BCUT2D eigenvalue weighted by molar-refractivity contribution is 5.67. The number of methoxy groups -OCH3 is 1. The lowest BCUT2D eigenvalue weighted by molar-refractivity contribution is -0.384. The molecule has 0 spiro atoms. The Kier molecular flexibility index (Phi) is 5.66. The molecule has 2 aromatic rings. The van der Waals surface area contributed by atoms with E-state index in [0.29, 0.717) is 5.75 Å². The van der Waals surface area contributed by atoms with E-state index in [0.717, 1.165) is 0 Å². The van der Waals surface area contributed by atoms with Gasteiger partial charge in [-0.05, 0) is 12.1 Å². The Balaban J connectivity index is 0.000000231. The van der Waals surface area contributed by atoms with Gasteiger partial charge in [0.2, 0.25) is 0 Å². The number of nitrogens with two attached hydrogens (primary N) is 2. The van der Waals surface area contributed by atoms with Crippen LogP contribution in [0.3, 0.4) is 0 Å². The average Bonchev–Trinajstić information content (AvgIpc) is 2.50. The van der Waals surface area contributed by atoms with Gasteiger partial charge in [-0.1, -0.05) is 12.1 Å². The van der Waals surface area contributed by atoms with Crippen LogP contribution in [-0.4, -0.2) is 22.1 Å². The monoisotopic (exact) mass is 322 g/mol. The first-order valence-corrected chi connectivity index (χ1v) is 6.08. The Morgan fingerprint density at radius 1 is 0.957 bits per heavy atom. The molecule has 10 nitrogen and oxygen atoms in total.